The number of oxime groups is 1. The minimum absolute atomic E-state index is 0.203. The van der Waals surface area contributed by atoms with Crippen molar-refractivity contribution in [2.75, 3.05) is 13.6 Å². The number of nitrogens with two attached hydrogens (primary N) is 1. The molecule has 3 N–H and O–H groups in total. The number of hydrogen-bond acceptors (Lipinski definition) is 3. The number of amidine groups is 1. The second-order valence-corrected chi connectivity index (χ2v) is 7.14. The van der Waals surface area contributed by atoms with Gasteiger partial charge in [0.05, 0.1) is 0 Å². The van der Waals surface area contributed by atoms with Crippen LogP contribution in [0, 0.1) is 11.3 Å². The van der Waals surface area contributed by atoms with E-state index in [4.69, 9.17) is 10.9 Å². The Kier molecular flexibility index (Phi) is 6.80. The van der Waals surface area contributed by atoms with Gasteiger partial charge in [-0.2, -0.15) is 0 Å². The maximum absolute atomic E-state index is 8.77. The van der Waals surface area contributed by atoms with Gasteiger partial charge >= 0.3 is 0 Å². The highest BCUT2D eigenvalue weighted by Gasteiger charge is 2.25. The lowest BCUT2D eigenvalue weighted by atomic mass is 9.84. The van der Waals surface area contributed by atoms with Gasteiger partial charge in [0.2, 0.25) is 0 Å². The largest absolute Gasteiger partial charge is 0.409 e. The van der Waals surface area contributed by atoms with E-state index in [-0.39, 0.29) is 5.41 Å². The van der Waals surface area contributed by atoms with Gasteiger partial charge in [-0.05, 0) is 45.2 Å². The van der Waals surface area contributed by atoms with Gasteiger partial charge in [-0.15, -0.1) is 0 Å². The van der Waals surface area contributed by atoms with E-state index in [9.17, 15) is 0 Å². The van der Waals surface area contributed by atoms with E-state index in [2.05, 4.69) is 24.0 Å². The van der Waals surface area contributed by atoms with Gasteiger partial charge in [-0.3, -0.25) is 0 Å². The monoisotopic (exact) mass is 283 g/mol. The smallest absolute Gasteiger partial charge is 0.144 e. The van der Waals surface area contributed by atoms with Crippen LogP contribution in [0.5, 0.6) is 0 Å². The van der Waals surface area contributed by atoms with Crippen LogP contribution >= 0.6 is 0 Å². The minimum atomic E-state index is -0.203. The quantitative estimate of drug-likeness (QED) is 0.247. The van der Waals surface area contributed by atoms with Crippen molar-refractivity contribution in [3.8, 4) is 0 Å². The normalized spacial score (nSPS) is 25.1. The Hall–Kier alpha value is -0.770. The van der Waals surface area contributed by atoms with Gasteiger partial charge < -0.3 is 15.8 Å². The highest BCUT2D eigenvalue weighted by Crippen LogP contribution is 2.28. The summed E-state index contributed by atoms with van der Waals surface area (Å²) >= 11 is 0. The Bertz CT molecular complexity index is 315. The zero-order valence-electron chi connectivity index (χ0n) is 13.7. The first-order valence-corrected chi connectivity index (χ1v) is 8.06. The third-order valence-electron chi connectivity index (χ3n) is 5.00. The van der Waals surface area contributed by atoms with Gasteiger partial charge in [0.1, 0.15) is 5.84 Å². The van der Waals surface area contributed by atoms with E-state index < -0.39 is 0 Å². The van der Waals surface area contributed by atoms with E-state index in [1.165, 1.54) is 32.1 Å². The lowest BCUT2D eigenvalue weighted by Gasteiger charge is -2.36. The summed E-state index contributed by atoms with van der Waals surface area (Å²) in [6.45, 7) is 7.62. The zero-order valence-corrected chi connectivity index (χ0v) is 13.7. The molecule has 0 aromatic carbocycles. The van der Waals surface area contributed by atoms with E-state index >= 15 is 0 Å². The molecular weight excluding hydrogens is 250 g/mol. The topological polar surface area (TPSA) is 61.8 Å². The van der Waals surface area contributed by atoms with Crippen LogP contribution in [0.15, 0.2) is 5.16 Å². The molecule has 4 heteroatoms. The molecule has 0 spiro atoms. The maximum Gasteiger partial charge on any atom is 0.144 e. The summed E-state index contributed by atoms with van der Waals surface area (Å²) in [4.78, 5) is 2.54. The molecule has 1 aliphatic carbocycles. The SMILES string of the molecule is CC1CCCCC1N(C)CCCCC(C)(C)C(N)=NO. The van der Waals surface area contributed by atoms with E-state index in [1.54, 1.807) is 0 Å². The molecule has 0 aliphatic heterocycles. The summed E-state index contributed by atoms with van der Waals surface area (Å²) in [5, 5.41) is 11.9. The van der Waals surface area contributed by atoms with Crippen LogP contribution in [0.25, 0.3) is 0 Å². The van der Waals surface area contributed by atoms with E-state index in [1.807, 2.05) is 13.8 Å². The third kappa shape index (κ3) is 4.97. The van der Waals surface area contributed by atoms with Gasteiger partial charge in [0.25, 0.3) is 0 Å². The average Bonchev–Trinajstić information content (AvgIpc) is 2.42. The number of hydrogen-bond donors (Lipinski definition) is 2. The molecule has 0 bridgehead atoms. The molecule has 2 unspecified atom stereocenters. The standard InChI is InChI=1S/C16H33N3O/c1-13-9-5-6-10-14(13)19(4)12-8-7-11-16(2,3)15(17)18-20/h13-14,20H,5-12H2,1-4H3,(H2,17,18). The molecular formula is C16H33N3O. The Morgan fingerprint density at radius 2 is 1.95 bits per heavy atom. The van der Waals surface area contributed by atoms with Gasteiger partial charge in [-0.25, -0.2) is 0 Å². The van der Waals surface area contributed by atoms with Crippen LogP contribution in [-0.2, 0) is 0 Å². The molecule has 0 heterocycles. The van der Waals surface area contributed by atoms with Crippen molar-refractivity contribution in [1.82, 2.24) is 4.90 Å². The minimum Gasteiger partial charge on any atom is -0.409 e. The van der Waals surface area contributed by atoms with Crippen molar-refractivity contribution in [3.05, 3.63) is 0 Å². The molecule has 0 aromatic heterocycles. The van der Waals surface area contributed by atoms with Crippen molar-refractivity contribution in [3.63, 3.8) is 0 Å². The Labute approximate surface area is 124 Å². The van der Waals surface area contributed by atoms with Crippen molar-refractivity contribution < 1.29 is 5.21 Å². The van der Waals surface area contributed by atoms with Crippen LogP contribution in [0.1, 0.15) is 65.7 Å². The van der Waals surface area contributed by atoms with Crippen LogP contribution in [0.2, 0.25) is 0 Å². The van der Waals surface area contributed by atoms with Crippen LogP contribution in [-0.4, -0.2) is 35.6 Å². The maximum atomic E-state index is 8.77. The Morgan fingerprint density at radius 3 is 2.55 bits per heavy atom. The van der Waals surface area contributed by atoms with Crippen molar-refractivity contribution >= 4 is 5.84 Å². The first kappa shape index (κ1) is 17.3. The van der Waals surface area contributed by atoms with Crippen molar-refractivity contribution in [1.29, 1.82) is 0 Å². The van der Waals surface area contributed by atoms with Crippen molar-refractivity contribution in [2.24, 2.45) is 22.2 Å². The summed E-state index contributed by atoms with van der Waals surface area (Å²) in [6, 6.07) is 0.765. The van der Waals surface area contributed by atoms with Gasteiger partial charge in [0.15, 0.2) is 0 Å². The summed E-state index contributed by atoms with van der Waals surface area (Å²) in [7, 11) is 2.27. The number of unbranched alkanes of at least 4 members (excludes halogenated alkanes) is 1. The van der Waals surface area contributed by atoms with Gasteiger partial charge in [-0.1, -0.05) is 45.2 Å². The first-order chi connectivity index (χ1) is 9.38. The molecule has 0 amide bonds. The number of nitrogens with zero attached hydrogens (tertiary/aromatic N) is 2. The second kappa shape index (κ2) is 7.87. The van der Waals surface area contributed by atoms with Crippen LogP contribution in [0.4, 0.5) is 0 Å². The fourth-order valence-corrected chi connectivity index (χ4v) is 3.31. The molecule has 1 aliphatic rings. The zero-order chi connectivity index (χ0) is 15.2. The summed E-state index contributed by atoms with van der Waals surface area (Å²) in [5.41, 5.74) is 5.51. The fraction of sp³-hybridized carbons (Fsp3) is 0.938. The molecule has 118 valence electrons. The van der Waals surface area contributed by atoms with E-state index in [0.29, 0.717) is 5.84 Å². The molecule has 4 nitrogen and oxygen atoms in total. The first-order valence-electron chi connectivity index (χ1n) is 8.06. The van der Waals surface area contributed by atoms with Crippen molar-refractivity contribution in [2.45, 2.75) is 71.8 Å². The average molecular weight is 283 g/mol. The number of rotatable bonds is 7. The van der Waals surface area contributed by atoms with Crippen LogP contribution < -0.4 is 5.73 Å². The Balaban J connectivity index is 2.27. The predicted molar refractivity (Wildman–Crippen MR) is 85.1 cm³/mol. The Morgan fingerprint density at radius 1 is 1.30 bits per heavy atom. The fourth-order valence-electron chi connectivity index (χ4n) is 3.31. The van der Waals surface area contributed by atoms with E-state index in [0.717, 1.165) is 31.3 Å². The molecule has 1 fully saturated rings. The molecule has 0 radical (unpaired) electrons. The van der Waals surface area contributed by atoms with Crippen LogP contribution in [0.3, 0.4) is 0 Å². The summed E-state index contributed by atoms with van der Waals surface area (Å²) < 4.78 is 0. The molecule has 2 atom stereocenters. The lowest BCUT2D eigenvalue weighted by molar-refractivity contribution is 0.136. The predicted octanol–water partition coefficient (Wildman–Crippen LogP) is 3.44. The lowest BCUT2D eigenvalue weighted by Crippen LogP contribution is -2.39. The molecule has 0 aromatic rings. The summed E-state index contributed by atoms with van der Waals surface area (Å²) in [5.74, 6) is 1.18. The molecule has 1 rings (SSSR count). The third-order valence-corrected chi connectivity index (χ3v) is 5.00. The molecule has 0 saturated heterocycles. The second-order valence-electron chi connectivity index (χ2n) is 7.14. The molecule has 20 heavy (non-hydrogen) atoms. The van der Waals surface area contributed by atoms with Gasteiger partial charge in [0, 0.05) is 11.5 Å². The summed E-state index contributed by atoms with van der Waals surface area (Å²) in [6.07, 6.45) is 8.79. The highest BCUT2D eigenvalue weighted by atomic mass is 16.4. The highest BCUT2D eigenvalue weighted by molar-refractivity contribution is 5.85. The molecule has 1 saturated carbocycles.